The van der Waals surface area contributed by atoms with Gasteiger partial charge in [0.15, 0.2) is 0 Å². The topological polar surface area (TPSA) is 99.3 Å². The predicted octanol–water partition coefficient (Wildman–Crippen LogP) is 3.84. The number of benzene rings is 2. The molecule has 4 amide bonds. The van der Waals surface area contributed by atoms with E-state index < -0.39 is 5.41 Å². The van der Waals surface area contributed by atoms with Gasteiger partial charge in [-0.3, -0.25) is 9.59 Å². The highest BCUT2D eigenvalue weighted by atomic mass is 16.2. The maximum Gasteiger partial charge on any atom is 0.319 e. The molecule has 0 aliphatic heterocycles. The van der Waals surface area contributed by atoms with Gasteiger partial charge in [-0.2, -0.15) is 0 Å². The number of hydrogen-bond acceptors (Lipinski definition) is 3. The molecular weight excluding hydrogens is 380 g/mol. The van der Waals surface area contributed by atoms with Crippen LogP contribution in [0.5, 0.6) is 0 Å². The summed E-state index contributed by atoms with van der Waals surface area (Å²) < 4.78 is 0. The molecule has 0 atom stereocenters. The van der Waals surface area contributed by atoms with Crippen molar-refractivity contribution in [3.8, 4) is 0 Å². The van der Waals surface area contributed by atoms with E-state index in [4.69, 9.17) is 0 Å². The van der Waals surface area contributed by atoms with Crippen molar-refractivity contribution in [3.05, 3.63) is 59.2 Å². The number of rotatable bonds is 6. The van der Waals surface area contributed by atoms with Crippen LogP contribution in [0.15, 0.2) is 42.5 Å². The summed E-state index contributed by atoms with van der Waals surface area (Å²) in [6, 6.07) is 12.0. The molecular formula is C23H30N4O3. The highest BCUT2D eigenvalue weighted by Crippen LogP contribution is 2.18. The standard InChI is InChI=1S/C23H30N4O3/c1-15-6-9-19(14-16(15)2)27-22(30)25-13-12-24-20(28)17-7-10-18(11-8-17)26-21(29)23(3,4)5/h6-11,14H,12-13H2,1-5H3,(H,24,28)(H,26,29)(H2,25,27,30). The van der Waals surface area contributed by atoms with E-state index >= 15 is 0 Å². The average Bonchev–Trinajstić information content (AvgIpc) is 2.68. The minimum Gasteiger partial charge on any atom is -0.350 e. The van der Waals surface area contributed by atoms with Crippen LogP contribution in [0.4, 0.5) is 16.2 Å². The van der Waals surface area contributed by atoms with E-state index in [0.717, 1.165) is 16.8 Å². The molecule has 0 radical (unpaired) electrons. The summed E-state index contributed by atoms with van der Waals surface area (Å²) in [5, 5.41) is 11.0. The first-order valence-corrected chi connectivity index (χ1v) is 9.88. The molecule has 160 valence electrons. The highest BCUT2D eigenvalue weighted by Gasteiger charge is 2.21. The van der Waals surface area contributed by atoms with Crippen molar-refractivity contribution in [3.63, 3.8) is 0 Å². The SMILES string of the molecule is Cc1ccc(NC(=O)NCCNC(=O)c2ccc(NC(=O)C(C)(C)C)cc2)cc1C. The lowest BCUT2D eigenvalue weighted by atomic mass is 9.95. The summed E-state index contributed by atoms with van der Waals surface area (Å²) >= 11 is 0. The van der Waals surface area contributed by atoms with Crippen LogP contribution in [-0.2, 0) is 4.79 Å². The first kappa shape index (κ1) is 22.9. The van der Waals surface area contributed by atoms with Gasteiger partial charge in [0.2, 0.25) is 5.91 Å². The predicted molar refractivity (Wildman–Crippen MR) is 120 cm³/mol. The molecule has 2 rings (SSSR count). The number of hydrogen-bond donors (Lipinski definition) is 4. The van der Waals surface area contributed by atoms with E-state index in [1.165, 1.54) is 0 Å². The fraction of sp³-hybridized carbons (Fsp3) is 0.348. The van der Waals surface area contributed by atoms with Gasteiger partial charge >= 0.3 is 6.03 Å². The van der Waals surface area contributed by atoms with Crippen molar-refractivity contribution in [2.45, 2.75) is 34.6 Å². The minimum atomic E-state index is -0.492. The van der Waals surface area contributed by atoms with Gasteiger partial charge < -0.3 is 21.3 Å². The maximum atomic E-state index is 12.2. The summed E-state index contributed by atoms with van der Waals surface area (Å²) in [5.74, 6) is -0.343. The second kappa shape index (κ2) is 9.91. The van der Waals surface area contributed by atoms with Gasteiger partial charge in [0.05, 0.1) is 0 Å². The smallest absolute Gasteiger partial charge is 0.319 e. The van der Waals surface area contributed by atoms with E-state index in [2.05, 4.69) is 21.3 Å². The van der Waals surface area contributed by atoms with Crippen LogP contribution in [0.2, 0.25) is 0 Å². The lowest BCUT2D eigenvalue weighted by molar-refractivity contribution is -0.123. The monoisotopic (exact) mass is 410 g/mol. The number of amides is 4. The summed E-state index contributed by atoms with van der Waals surface area (Å²) in [6.45, 7) is 10.1. The summed E-state index contributed by atoms with van der Waals surface area (Å²) in [5.41, 5.74) is 3.60. The van der Waals surface area contributed by atoms with E-state index in [0.29, 0.717) is 24.3 Å². The van der Waals surface area contributed by atoms with Gasteiger partial charge in [0, 0.05) is 35.4 Å². The molecule has 0 aromatic heterocycles. The Bertz CT molecular complexity index is 915. The first-order valence-electron chi connectivity index (χ1n) is 9.88. The molecule has 0 spiro atoms. The van der Waals surface area contributed by atoms with Crippen LogP contribution in [0.1, 0.15) is 42.3 Å². The van der Waals surface area contributed by atoms with Crippen LogP contribution in [0, 0.1) is 19.3 Å². The van der Waals surface area contributed by atoms with Gasteiger partial charge in [0.25, 0.3) is 5.91 Å². The first-order chi connectivity index (χ1) is 14.1. The zero-order valence-electron chi connectivity index (χ0n) is 18.2. The molecule has 0 heterocycles. The molecule has 0 saturated heterocycles. The van der Waals surface area contributed by atoms with Crippen molar-refractivity contribution in [2.75, 3.05) is 23.7 Å². The Morgan fingerprint density at radius 1 is 0.767 bits per heavy atom. The fourth-order valence-electron chi connectivity index (χ4n) is 2.47. The molecule has 2 aromatic rings. The number of carbonyl (C=O) groups is 3. The molecule has 2 aromatic carbocycles. The van der Waals surface area contributed by atoms with E-state index in [1.807, 2.05) is 52.8 Å². The Morgan fingerprint density at radius 2 is 1.37 bits per heavy atom. The third-order valence-electron chi connectivity index (χ3n) is 4.55. The maximum absolute atomic E-state index is 12.2. The van der Waals surface area contributed by atoms with Crippen LogP contribution < -0.4 is 21.3 Å². The second-order valence-electron chi connectivity index (χ2n) is 8.22. The number of urea groups is 1. The summed E-state index contributed by atoms with van der Waals surface area (Å²) in [7, 11) is 0. The number of anilines is 2. The zero-order chi connectivity index (χ0) is 22.3. The van der Waals surface area contributed by atoms with Crippen LogP contribution in [-0.4, -0.2) is 30.9 Å². The van der Waals surface area contributed by atoms with Gasteiger partial charge in [-0.05, 0) is 61.4 Å². The summed E-state index contributed by atoms with van der Waals surface area (Å²) in [6.07, 6.45) is 0. The molecule has 0 unspecified atom stereocenters. The fourth-order valence-corrected chi connectivity index (χ4v) is 2.47. The van der Waals surface area contributed by atoms with Gasteiger partial charge in [0.1, 0.15) is 0 Å². The van der Waals surface area contributed by atoms with Crippen molar-refractivity contribution in [1.82, 2.24) is 10.6 Å². The molecule has 0 fully saturated rings. The Morgan fingerprint density at radius 3 is 1.97 bits per heavy atom. The van der Waals surface area contributed by atoms with Crippen LogP contribution >= 0.6 is 0 Å². The molecule has 0 aliphatic rings. The van der Waals surface area contributed by atoms with Crippen LogP contribution in [0.25, 0.3) is 0 Å². The summed E-state index contributed by atoms with van der Waals surface area (Å²) in [4.78, 5) is 36.2. The van der Waals surface area contributed by atoms with Gasteiger partial charge in [-0.25, -0.2) is 4.79 Å². The molecule has 30 heavy (non-hydrogen) atoms. The Balaban J connectivity index is 1.74. The molecule has 0 aliphatic carbocycles. The highest BCUT2D eigenvalue weighted by molar-refractivity contribution is 5.97. The molecule has 7 heteroatoms. The molecule has 4 N–H and O–H groups in total. The Kier molecular flexibility index (Phi) is 7.58. The van der Waals surface area contributed by atoms with Crippen LogP contribution in [0.3, 0.4) is 0 Å². The zero-order valence-corrected chi connectivity index (χ0v) is 18.2. The Labute approximate surface area is 177 Å². The lowest BCUT2D eigenvalue weighted by Gasteiger charge is -2.17. The van der Waals surface area contributed by atoms with E-state index in [-0.39, 0.29) is 17.8 Å². The van der Waals surface area contributed by atoms with Crippen molar-refractivity contribution < 1.29 is 14.4 Å². The average molecular weight is 411 g/mol. The Hall–Kier alpha value is -3.35. The van der Waals surface area contributed by atoms with Gasteiger partial charge in [-0.15, -0.1) is 0 Å². The van der Waals surface area contributed by atoms with E-state index in [9.17, 15) is 14.4 Å². The largest absolute Gasteiger partial charge is 0.350 e. The minimum absolute atomic E-state index is 0.0927. The number of nitrogens with one attached hydrogen (secondary N) is 4. The lowest BCUT2D eigenvalue weighted by Crippen LogP contribution is -2.36. The third kappa shape index (κ3) is 6.92. The number of aryl methyl sites for hydroxylation is 2. The normalized spacial score (nSPS) is 10.8. The van der Waals surface area contributed by atoms with Gasteiger partial charge in [-0.1, -0.05) is 26.8 Å². The quantitative estimate of drug-likeness (QED) is 0.545. The van der Waals surface area contributed by atoms with Crippen molar-refractivity contribution in [1.29, 1.82) is 0 Å². The third-order valence-corrected chi connectivity index (χ3v) is 4.55. The van der Waals surface area contributed by atoms with Crippen molar-refractivity contribution in [2.24, 2.45) is 5.41 Å². The molecule has 7 nitrogen and oxygen atoms in total. The molecule has 0 saturated carbocycles. The van der Waals surface area contributed by atoms with E-state index in [1.54, 1.807) is 24.3 Å². The molecule has 0 bridgehead atoms. The van der Waals surface area contributed by atoms with Crippen molar-refractivity contribution >= 4 is 29.2 Å². The second-order valence-corrected chi connectivity index (χ2v) is 8.22. The number of carbonyl (C=O) groups excluding carboxylic acids is 3.